The molecule has 0 aromatic heterocycles. The van der Waals surface area contributed by atoms with E-state index in [2.05, 4.69) is 5.32 Å². The van der Waals surface area contributed by atoms with Crippen LogP contribution in [0.25, 0.3) is 0 Å². The van der Waals surface area contributed by atoms with Crippen LogP contribution in [0.2, 0.25) is 5.02 Å². The van der Waals surface area contributed by atoms with E-state index in [1.807, 2.05) is 6.07 Å². The molecular weight excluding hydrogens is 424 g/mol. The van der Waals surface area contributed by atoms with Crippen molar-refractivity contribution in [2.24, 2.45) is 0 Å². The molecule has 0 saturated carbocycles. The lowest BCUT2D eigenvalue weighted by atomic mass is 10.2. The van der Waals surface area contributed by atoms with Crippen LogP contribution < -0.4 is 14.4 Å². The van der Waals surface area contributed by atoms with Gasteiger partial charge in [-0.05, 0) is 49.4 Å². The Kier molecular flexibility index (Phi) is 6.64. The molecule has 0 heterocycles. The van der Waals surface area contributed by atoms with Crippen molar-refractivity contribution in [2.45, 2.75) is 11.8 Å². The number of ether oxygens (including phenoxy) is 1. The lowest BCUT2D eigenvalue weighted by Crippen LogP contribution is -2.30. The molecule has 0 aliphatic carbocycles. The summed E-state index contributed by atoms with van der Waals surface area (Å²) in [6.45, 7) is 2.01. The summed E-state index contributed by atoms with van der Waals surface area (Å²) in [5, 5.41) is 2.99. The fourth-order valence-electron chi connectivity index (χ4n) is 2.99. The molecule has 3 aromatic carbocycles. The molecule has 0 radical (unpaired) electrons. The second-order valence-corrected chi connectivity index (χ2v) is 8.57. The minimum atomic E-state index is -3.86. The number of anilines is 2. The summed E-state index contributed by atoms with van der Waals surface area (Å²) < 4.78 is 33.1. The van der Waals surface area contributed by atoms with E-state index in [0.717, 1.165) is 0 Å². The average molecular weight is 445 g/mol. The van der Waals surface area contributed by atoms with E-state index < -0.39 is 15.9 Å². The lowest BCUT2D eigenvalue weighted by Gasteiger charge is -2.23. The minimum absolute atomic E-state index is 0.0310. The predicted molar refractivity (Wildman–Crippen MR) is 119 cm³/mol. The van der Waals surface area contributed by atoms with E-state index in [1.54, 1.807) is 55.5 Å². The molecule has 0 aliphatic heterocycles. The summed E-state index contributed by atoms with van der Waals surface area (Å²) in [6.07, 6.45) is 0. The molecule has 0 unspecified atom stereocenters. The predicted octanol–water partition coefficient (Wildman–Crippen LogP) is 4.82. The van der Waals surface area contributed by atoms with Gasteiger partial charge in [-0.15, -0.1) is 0 Å². The van der Waals surface area contributed by atoms with E-state index in [4.69, 9.17) is 16.3 Å². The van der Waals surface area contributed by atoms with Crippen LogP contribution in [0.1, 0.15) is 17.3 Å². The van der Waals surface area contributed by atoms with Crippen molar-refractivity contribution in [1.29, 1.82) is 0 Å². The number of amides is 1. The monoisotopic (exact) mass is 444 g/mol. The Morgan fingerprint density at radius 2 is 1.70 bits per heavy atom. The first-order chi connectivity index (χ1) is 14.4. The van der Waals surface area contributed by atoms with E-state index in [0.29, 0.717) is 16.5 Å². The third kappa shape index (κ3) is 4.42. The van der Waals surface area contributed by atoms with Crippen LogP contribution in [0, 0.1) is 0 Å². The van der Waals surface area contributed by atoms with Gasteiger partial charge in [0.05, 0.1) is 34.0 Å². The number of nitrogens with zero attached hydrogens (tertiary/aromatic N) is 1. The van der Waals surface area contributed by atoms with Crippen LogP contribution in [-0.4, -0.2) is 28.0 Å². The third-order valence-corrected chi connectivity index (χ3v) is 6.69. The van der Waals surface area contributed by atoms with Gasteiger partial charge in [-0.25, -0.2) is 8.42 Å². The zero-order valence-electron chi connectivity index (χ0n) is 16.5. The first kappa shape index (κ1) is 21.7. The minimum Gasteiger partial charge on any atom is -0.495 e. The molecule has 1 amide bonds. The van der Waals surface area contributed by atoms with Crippen LogP contribution in [0.5, 0.6) is 5.75 Å². The standard InChI is InChI=1S/C22H21ClN2O4S/c1-3-25(16-9-5-4-6-10-16)30(27,28)17-13-14-21(29-2)20(15-17)24-22(26)18-11-7-8-12-19(18)23/h4-15H,3H2,1-2H3,(H,24,26). The summed E-state index contributed by atoms with van der Waals surface area (Å²) in [6, 6.07) is 19.8. The molecule has 3 aromatic rings. The van der Waals surface area contributed by atoms with Gasteiger partial charge in [0.25, 0.3) is 15.9 Å². The molecular formula is C22H21ClN2O4S. The van der Waals surface area contributed by atoms with Crippen molar-refractivity contribution >= 4 is 38.9 Å². The zero-order valence-corrected chi connectivity index (χ0v) is 18.1. The molecule has 3 rings (SSSR count). The highest BCUT2D eigenvalue weighted by Crippen LogP contribution is 2.31. The van der Waals surface area contributed by atoms with E-state index in [-0.39, 0.29) is 22.7 Å². The fraction of sp³-hybridized carbons (Fsp3) is 0.136. The molecule has 8 heteroatoms. The van der Waals surface area contributed by atoms with Crippen LogP contribution in [-0.2, 0) is 10.0 Å². The molecule has 0 bridgehead atoms. The number of halogens is 1. The number of rotatable bonds is 7. The number of methoxy groups -OCH3 is 1. The van der Waals surface area contributed by atoms with Crippen molar-refractivity contribution in [3.8, 4) is 5.75 Å². The molecule has 0 aliphatic rings. The van der Waals surface area contributed by atoms with Gasteiger partial charge < -0.3 is 10.1 Å². The SMILES string of the molecule is CCN(c1ccccc1)S(=O)(=O)c1ccc(OC)c(NC(=O)c2ccccc2Cl)c1. The second kappa shape index (κ2) is 9.19. The number of benzene rings is 3. The average Bonchev–Trinajstić information content (AvgIpc) is 2.75. The van der Waals surface area contributed by atoms with Gasteiger partial charge in [0.15, 0.2) is 0 Å². The van der Waals surface area contributed by atoms with Gasteiger partial charge in [0.1, 0.15) is 5.75 Å². The Hall–Kier alpha value is -3.03. The van der Waals surface area contributed by atoms with Crippen molar-refractivity contribution in [3.05, 3.63) is 83.4 Å². The van der Waals surface area contributed by atoms with E-state index >= 15 is 0 Å². The quantitative estimate of drug-likeness (QED) is 0.567. The number of sulfonamides is 1. The maximum Gasteiger partial charge on any atom is 0.264 e. The largest absolute Gasteiger partial charge is 0.495 e. The number of carbonyl (C=O) groups is 1. The van der Waals surface area contributed by atoms with E-state index in [9.17, 15) is 13.2 Å². The Morgan fingerprint density at radius 1 is 1.03 bits per heavy atom. The lowest BCUT2D eigenvalue weighted by molar-refractivity contribution is 0.102. The molecule has 0 atom stereocenters. The van der Waals surface area contributed by atoms with Gasteiger partial charge >= 0.3 is 0 Å². The number of hydrogen-bond acceptors (Lipinski definition) is 4. The molecule has 1 N–H and O–H groups in total. The van der Waals surface area contributed by atoms with Gasteiger partial charge in [-0.1, -0.05) is 41.9 Å². The van der Waals surface area contributed by atoms with Crippen LogP contribution in [0.4, 0.5) is 11.4 Å². The number of para-hydroxylation sites is 1. The maximum absolute atomic E-state index is 13.3. The number of nitrogens with one attached hydrogen (secondary N) is 1. The zero-order chi connectivity index (χ0) is 21.7. The van der Waals surface area contributed by atoms with Crippen LogP contribution in [0.15, 0.2) is 77.7 Å². The first-order valence-corrected chi connectivity index (χ1v) is 11.0. The summed E-state index contributed by atoms with van der Waals surface area (Å²) in [7, 11) is -2.42. The molecule has 0 fully saturated rings. The van der Waals surface area contributed by atoms with Gasteiger partial charge in [0.2, 0.25) is 0 Å². The summed E-state index contributed by atoms with van der Waals surface area (Å²) in [5.41, 5.74) is 1.05. The molecule has 0 saturated heterocycles. The Bertz CT molecular complexity index is 1150. The molecule has 0 spiro atoms. The normalized spacial score (nSPS) is 11.0. The van der Waals surface area contributed by atoms with Crippen molar-refractivity contribution in [3.63, 3.8) is 0 Å². The highest BCUT2D eigenvalue weighted by molar-refractivity contribution is 7.92. The van der Waals surface area contributed by atoms with Crippen LogP contribution in [0.3, 0.4) is 0 Å². The van der Waals surface area contributed by atoms with Gasteiger partial charge in [-0.3, -0.25) is 9.10 Å². The third-order valence-electron chi connectivity index (χ3n) is 4.46. The number of hydrogen-bond donors (Lipinski definition) is 1. The fourth-order valence-corrected chi connectivity index (χ4v) is 4.72. The maximum atomic E-state index is 13.3. The van der Waals surface area contributed by atoms with Gasteiger partial charge in [0, 0.05) is 6.54 Å². The van der Waals surface area contributed by atoms with Crippen molar-refractivity contribution < 1.29 is 17.9 Å². The molecule has 30 heavy (non-hydrogen) atoms. The number of carbonyl (C=O) groups excluding carboxylic acids is 1. The summed E-state index contributed by atoms with van der Waals surface area (Å²) in [4.78, 5) is 12.7. The Morgan fingerprint density at radius 3 is 2.33 bits per heavy atom. The first-order valence-electron chi connectivity index (χ1n) is 9.20. The summed E-state index contributed by atoms with van der Waals surface area (Å²) in [5.74, 6) is -0.138. The van der Waals surface area contributed by atoms with Crippen molar-refractivity contribution in [2.75, 3.05) is 23.3 Å². The Balaban J connectivity index is 1.99. The van der Waals surface area contributed by atoms with Crippen LogP contribution >= 0.6 is 11.6 Å². The highest BCUT2D eigenvalue weighted by Gasteiger charge is 2.25. The van der Waals surface area contributed by atoms with E-state index in [1.165, 1.54) is 29.6 Å². The Labute approximate surface area is 181 Å². The summed E-state index contributed by atoms with van der Waals surface area (Å²) >= 11 is 6.10. The second-order valence-electron chi connectivity index (χ2n) is 6.30. The highest BCUT2D eigenvalue weighted by atomic mass is 35.5. The smallest absolute Gasteiger partial charge is 0.264 e. The molecule has 156 valence electrons. The molecule has 6 nitrogen and oxygen atoms in total. The van der Waals surface area contributed by atoms with Crippen molar-refractivity contribution in [1.82, 2.24) is 0 Å². The van der Waals surface area contributed by atoms with Gasteiger partial charge in [-0.2, -0.15) is 0 Å². The topological polar surface area (TPSA) is 75.7 Å².